The summed E-state index contributed by atoms with van der Waals surface area (Å²) in [5.41, 5.74) is 0.331. The standard InChI is InChI=1S/C13H17BrN2O3/c1-8-5-6-9(14)10(7-8)15-12(19)16(4)13(2,3)11(17)18/h5-7H,1-4H3,(H,15,19)(H,17,18). The van der Waals surface area contributed by atoms with E-state index in [1.54, 1.807) is 0 Å². The van der Waals surface area contributed by atoms with E-state index in [4.69, 9.17) is 5.11 Å². The lowest BCUT2D eigenvalue weighted by Crippen LogP contribution is -2.52. The first-order valence-corrected chi connectivity index (χ1v) is 6.50. The smallest absolute Gasteiger partial charge is 0.329 e. The van der Waals surface area contributed by atoms with Gasteiger partial charge in [0.05, 0.1) is 5.69 Å². The number of nitrogens with zero attached hydrogens (tertiary/aromatic N) is 1. The molecule has 0 heterocycles. The first kappa shape index (κ1) is 15.5. The van der Waals surface area contributed by atoms with Gasteiger partial charge in [0.15, 0.2) is 0 Å². The van der Waals surface area contributed by atoms with Crippen LogP contribution in [0.4, 0.5) is 10.5 Å². The lowest BCUT2D eigenvalue weighted by Gasteiger charge is -2.31. The quantitative estimate of drug-likeness (QED) is 0.895. The number of rotatable bonds is 3. The number of nitrogens with one attached hydrogen (secondary N) is 1. The van der Waals surface area contributed by atoms with Crippen LogP contribution < -0.4 is 5.32 Å². The Morgan fingerprint density at radius 2 is 1.95 bits per heavy atom. The molecule has 1 aromatic rings. The summed E-state index contributed by atoms with van der Waals surface area (Å²) in [6.45, 7) is 4.85. The van der Waals surface area contributed by atoms with Crippen molar-refractivity contribution in [3.05, 3.63) is 28.2 Å². The number of halogens is 1. The second kappa shape index (κ2) is 5.61. The van der Waals surface area contributed by atoms with Gasteiger partial charge in [-0.05, 0) is 54.4 Å². The first-order chi connectivity index (χ1) is 8.66. The zero-order valence-electron chi connectivity index (χ0n) is 11.3. The van der Waals surface area contributed by atoms with Gasteiger partial charge in [0.2, 0.25) is 0 Å². The third-order valence-electron chi connectivity index (χ3n) is 3.03. The second-order valence-electron chi connectivity index (χ2n) is 4.84. The van der Waals surface area contributed by atoms with Crippen LogP contribution in [0.1, 0.15) is 19.4 Å². The highest BCUT2D eigenvalue weighted by Gasteiger charge is 2.35. The first-order valence-electron chi connectivity index (χ1n) is 5.70. The molecule has 0 bridgehead atoms. The second-order valence-corrected chi connectivity index (χ2v) is 5.69. The fraction of sp³-hybridized carbons (Fsp3) is 0.385. The molecule has 0 saturated heterocycles. The zero-order valence-corrected chi connectivity index (χ0v) is 12.9. The Labute approximate surface area is 120 Å². The summed E-state index contributed by atoms with van der Waals surface area (Å²) in [4.78, 5) is 24.3. The van der Waals surface area contributed by atoms with Gasteiger partial charge in [-0.15, -0.1) is 0 Å². The largest absolute Gasteiger partial charge is 0.480 e. The highest BCUT2D eigenvalue weighted by Crippen LogP contribution is 2.24. The number of carbonyl (C=O) groups is 2. The normalized spacial score (nSPS) is 11.0. The van der Waals surface area contributed by atoms with Gasteiger partial charge >= 0.3 is 12.0 Å². The monoisotopic (exact) mass is 328 g/mol. The molecule has 0 aliphatic heterocycles. The molecule has 0 unspecified atom stereocenters. The molecule has 0 aliphatic carbocycles. The van der Waals surface area contributed by atoms with Gasteiger partial charge in [-0.25, -0.2) is 9.59 Å². The number of aryl methyl sites for hydroxylation is 1. The molecule has 5 nitrogen and oxygen atoms in total. The van der Waals surface area contributed by atoms with Gasteiger partial charge in [0.1, 0.15) is 5.54 Å². The van der Waals surface area contributed by atoms with Gasteiger partial charge in [0, 0.05) is 11.5 Å². The van der Waals surface area contributed by atoms with Crippen LogP contribution in [-0.4, -0.2) is 34.6 Å². The van der Waals surface area contributed by atoms with Crippen LogP contribution >= 0.6 is 15.9 Å². The summed E-state index contributed by atoms with van der Waals surface area (Å²) in [6.07, 6.45) is 0. The van der Waals surface area contributed by atoms with E-state index in [2.05, 4.69) is 21.2 Å². The minimum Gasteiger partial charge on any atom is -0.480 e. The topological polar surface area (TPSA) is 69.6 Å². The summed E-state index contributed by atoms with van der Waals surface area (Å²) in [5.74, 6) is -1.06. The Balaban J connectivity index is 2.91. The Hall–Kier alpha value is -1.56. The van der Waals surface area contributed by atoms with Crippen molar-refractivity contribution in [2.45, 2.75) is 26.3 Å². The number of urea groups is 1. The highest BCUT2D eigenvalue weighted by atomic mass is 79.9. The molecule has 0 saturated carbocycles. The number of hydrogen-bond donors (Lipinski definition) is 2. The minimum absolute atomic E-state index is 0.473. The lowest BCUT2D eigenvalue weighted by atomic mass is 10.1. The molecule has 0 atom stereocenters. The van der Waals surface area contributed by atoms with E-state index in [0.717, 1.165) is 14.9 Å². The van der Waals surface area contributed by atoms with E-state index < -0.39 is 17.5 Å². The molecule has 0 aromatic heterocycles. The van der Waals surface area contributed by atoms with Crippen LogP contribution in [0.5, 0.6) is 0 Å². The summed E-state index contributed by atoms with van der Waals surface area (Å²) in [5, 5.41) is 11.8. The Kier molecular flexibility index (Phi) is 4.57. The maximum atomic E-state index is 12.1. The predicted molar refractivity (Wildman–Crippen MR) is 77.4 cm³/mol. The summed E-state index contributed by atoms with van der Waals surface area (Å²) in [7, 11) is 1.45. The fourth-order valence-corrected chi connectivity index (χ4v) is 1.68. The number of anilines is 1. The molecule has 1 aromatic carbocycles. The zero-order chi connectivity index (χ0) is 14.8. The van der Waals surface area contributed by atoms with Crippen molar-refractivity contribution in [1.82, 2.24) is 4.90 Å². The molecule has 0 spiro atoms. The third kappa shape index (κ3) is 3.47. The van der Waals surface area contributed by atoms with Crippen molar-refractivity contribution in [2.24, 2.45) is 0 Å². The van der Waals surface area contributed by atoms with Crippen LogP contribution in [-0.2, 0) is 4.79 Å². The van der Waals surface area contributed by atoms with E-state index in [-0.39, 0.29) is 0 Å². The molecule has 19 heavy (non-hydrogen) atoms. The van der Waals surface area contributed by atoms with Crippen LogP contribution in [0.25, 0.3) is 0 Å². The molecule has 6 heteroatoms. The maximum absolute atomic E-state index is 12.1. The summed E-state index contributed by atoms with van der Waals surface area (Å²) < 4.78 is 0.744. The van der Waals surface area contributed by atoms with Crippen molar-refractivity contribution in [3.63, 3.8) is 0 Å². The molecule has 1 rings (SSSR count). The van der Waals surface area contributed by atoms with Crippen LogP contribution in [0, 0.1) is 6.92 Å². The van der Waals surface area contributed by atoms with Gasteiger partial charge in [-0.1, -0.05) is 6.07 Å². The number of hydrogen-bond acceptors (Lipinski definition) is 2. The van der Waals surface area contributed by atoms with E-state index >= 15 is 0 Å². The summed E-state index contributed by atoms with van der Waals surface area (Å²) in [6, 6.07) is 5.07. The van der Waals surface area contributed by atoms with Crippen LogP contribution in [0.15, 0.2) is 22.7 Å². The Morgan fingerprint density at radius 1 is 1.37 bits per heavy atom. The predicted octanol–water partition coefficient (Wildman–Crippen LogP) is 3.08. The average molecular weight is 329 g/mol. The van der Waals surface area contributed by atoms with Crippen LogP contribution in [0.2, 0.25) is 0 Å². The van der Waals surface area contributed by atoms with Crippen molar-refractivity contribution >= 4 is 33.6 Å². The SMILES string of the molecule is Cc1ccc(Br)c(NC(=O)N(C)C(C)(C)C(=O)O)c1. The van der Waals surface area contributed by atoms with E-state index in [1.165, 1.54) is 20.9 Å². The molecule has 0 fully saturated rings. The number of carbonyl (C=O) groups excluding carboxylic acids is 1. The Bertz CT molecular complexity index is 515. The number of amides is 2. The molecule has 2 N–H and O–H groups in total. The van der Waals surface area contributed by atoms with E-state index in [9.17, 15) is 9.59 Å². The van der Waals surface area contributed by atoms with E-state index in [1.807, 2.05) is 25.1 Å². The number of carboxylic acid groups (broad SMARTS) is 1. The van der Waals surface area contributed by atoms with Gasteiger partial charge < -0.3 is 15.3 Å². The highest BCUT2D eigenvalue weighted by molar-refractivity contribution is 9.10. The minimum atomic E-state index is -1.28. The van der Waals surface area contributed by atoms with Crippen molar-refractivity contribution < 1.29 is 14.7 Å². The maximum Gasteiger partial charge on any atom is 0.329 e. The van der Waals surface area contributed by atoms with Gasteiger partial charge in [-0.2, -0.15) is 0 Å². The van der Waals surface area contributed by atoms with Gasteiger partial charge in [0.25, 0.3) is 0 Å². The summed E-state index contributed by atoms with van der Waals surface area (Å²) >= 11 is 3.34. The fourth-order valence-electron chi connectivity index (χ4n) is 1.33. The number of aliphatic carboxylic acids is 1. The number of likely N-dealkylation sites (N-methyl/N-ethyl adjacent to an activating group) is 1. The van der Waals surface area contributed by atoms with Gasteiger partial charge in [-0.3, -0.25) is 0 Å². The molecular formula is C13H17BrN2O3. The third-order valence-corrected chi connectivity index (χ3v) is 3.72. The van der Waals surface area contributed by atoms with Crippen molar-refractivity contribution in [2.75, 3.05) is 12.4 Å². The average Bonchev–Trinajstić information content (AvgIpc) is 2.32. The van der Waals surface area contributed by atoms with E-state index in [0.29, 0.717) is 5.69 Å². The number of carboxylic acids is 1. The number of benzene rings is 1. The Morgan fingerprint density at radius 3 is 2.47 bits per heavy atom. The molecule has 104 valence electrons. The molecule has 0 aliphatic rings. The van der Waals surface area contributed by atoms with Crippen molar-refractivity contribution in [3.8, 4) is 0 Å². The molecule has 0 radical (unpaired) electrons. The van der Waals surface area contributed by atoms with Crippen LogP contribution in [0.3, 0.4) is 0 Å². The van der Waals surface area contributed by atoms with Crippen molar-refractivity contribution in [1.29, 1.82) is 0 Å². The lowest BCUT2D eigenvalue weighted by molar-refractivity contribution is -0.146. The molecule has 2 amide bonds. The molecular weight excluding hydrogens is 312 g/mol.